The van der Waals surface area contributed by atoms with Crippen molar-refractivity contribution < 1.29 is 9.84 Å². The van der Waals surface area contributed by atoms with Gasteiger partial charge in [-0.3, -0.25) is 0 Å². The lowest BCUT2D eigenvalue weighted by molar-refractivity contribution is 0.373. The van der Waals surface area contributed by atoms with Crippen LogP contribution in [0.15, 0.2) is 21.7 Å². The standard InChI is InChI=1S/C8H9BrN2O2/c1-13-8-3-6(9)5(4-11-10)2-7(8)12/h2-4,12H,10H2,1H3/b11-4+. The molecule has 0 radical (unpaired) electrons. The number of nitrogens with two attached hydrogens (primary N) is 1. The number of hydrogen-bond acceptors (Lipinski definition) is 4. The van der Waals surface area contributed by atoms with Gasteiger partial charge in [0.1, 0.15) is 0 Å². The number of halogens is 1. The molecule has 0 aliphatic heterocycles. The molecule has 0 unspecified atom stereocenters. The maximum absolute atomic E-state index is 9.39. The lowest BCUT2D eigenvalue weighted by atomic mass is 10.2. The van der Waals surface area contributed by atoms with Gasteiger partial charge in [0.2, 0.25) is 0 Å². The Labute approximate surface area is 84.1 Å². The van der Waals surface area contributed by atoms with E-state index in [0.717, 1.165) is 4.47 Å². The monoisotopic (exact) mass is 244 g/mol. The molecule has 0 bridgehead atoms. The Kier molecular flexibility index (Phi) is 3.13. The maximum Gasteiger partial charge on any atom is 0.161 e. The van der Waals surface area contributed by atoms with Gasteiger partial charge in [0.25, 0.3) is 0 Å². The molecule has 0 aliphatic rings. The molecule has 13 heavy (non-hydrogen) atoms. The van der Waals surface area contributed by atoms with E-state index in [0.29, 0.717) is 11.3 Å². The lowest BCUT2D eigenvalue weighted by Gasteiger charge is -2.05. The number of hydrogen-bond donors (Lipinski definition) is 2. The number of phenols is 1. The molecule has 4 nitrogen and oxygen atoms in total. The number of methoxy groups -OCH3 is 1. The molecule has 3 N–H and O–H groups in total. The van der Waals surface area contributed by atoms with E-state index in [2.05, 4.69) is 21.0 Å². The van der Waals surface area contributed by atoms with Crippen LogP contribution < -0.4 is 10.6 Å². The summed E-state index contributed by atoms with van der Waals surface area (Å²) in [6, 6.07) is 3.16. The van der Waals surface area contributed by atoms with Crippen LogP contribution in [0.25, 0.3) is 0 Å². The third-order valence-electron chi connectivity index (χ3n) is 1.51. The van der Waals surface area contributed by atoms with E-state index in [1.54, 1.807) is 6.07 Å². The third kappa shape index (κ3) is 2.12. The van der Waals surface area contributed by atoms with Crippen molar-refractivity contribution in [1.29, 1.82) is 0 Å². The Hall–Kier alpha value is -1.23. The van der Waals surface area contributed by atoms with E-state index in [-0.39, 0.29) is 5.75 Å². The summed E-state index contributed by atoms with van der Waals surface area (Å²) in [5, 5.41) is 12.8. The second kappa shape index (κ2) is 4.13. The molecule has 0 fully saturated rings. The van der Waals surface area contributed by atoms with Crippen LogP contribution in [0.5, 0.6) is 11.5 Å². The minimum Gasteiger partial charge on any atom is -0.504 e. The normalized spacial score (nSPS) is 10.6. The molecular weight excluding hydrogens is 236 g/mol. The molecule has 70 valence electrons. The van der Waals surface area contributed by atoms with E-state index >= 15 is 0 Å². The second-order valence-corrected chi connectivity index (χ2v) is 3.18. The minimum absolute atomic E-state index is 0.0561. The summed E-state index contributed by atoms with van der Waals surface area (Å²) in [5.41, 5.74) is 0.695. The first-order valence-electron chi connectivity index (χ1n) is 3.48. The van der Waals surface area contributed by atoms with Crippen molar-refractivity contribution in [2.75, 3.05) is 7.11 Å². The first-order chi connectivity index (χ1) is 6.19. The van der Waals surface area contributed by atoms with Gasteiger partial charge < -0.3 is 15.7 Å². The molecule has 0 spiro atoms. The molecule has 0 saturated carbocycles. The van der Waals surface area contributed by atoms with Gasteiger partial charge in [0.05, 0.1) is 13.3 Å². The topological polar surface area (TPSA) is 67.8 Å². The van der Waals surface area contributed by atoms with Crippen molar-refractivity contribution in [2.24, 2.45) is 10.9 Å². The fourth-order valence-electron chi connectivity index (χ4n) is 0.902. The average molecular weight is 245 g/mol. The van der Waals surface area contributed by atoms with Crippen LogP contribution in [-0.4, -0.2) is 18.4 Å². The zero-order valence-corrected chi connectivity index (χ0v) is 8.58. The summed E-state index contributed by atoms with van der Waals surface area (Å²) in [4.78, 5) is 0. The molecule has 0 heterocycles. The zero-order chi connectivity index (χ0) is 9.84. The van der Waals surface area contributed by atoms with Crippen molar-refractivity contribution in [3.8, 4) is 11.5 Å². The zero-order valence-electron chi connectivity index (χ0n) is 6.99. The van der Waals surface area contributed by atoms with Gasteiger partial charge in [-0.15, -0.1) is 0 Å². The Bertz CT molecular complexity index is 339. The molecule has 1 rings (SSSR count). The molecular formula is C8H9BrN2O2. The number of benzene rings is 1. The number of phenolic OH excluding ortho intramolecular Hbond substituents is 1. The summed E-state index contributed by atoms with van der Waals surface area (Å²) in [5.74, 6) is 5.45. The van der Waals surface area contributed by atoms with Gasteiger partial charge in [0.15, 0.2) is 11.5 Å². The van der Waals surface area contributed by atoms with Crippen LogP contribution in [0.3, 0.4) is 0 Å². The summed E-state index contributed by atoms with van der Waals surface area (Å²) in [7, 11) is 1.48. The fourth-order valence-corrected chi connectivity index (χ4v) is 1.33. The van der Waals surface area contributed by atoms with Crippen molar-refractivity contribution in [1.82, 2.24) is 0 Å². The predicted molar refractivity (Wildman–Crippen MR) is 54.1 cm³/mol. The van der Waals surface area contributed by atoms with Gasteiger partial charge >= 0.3 is 0 Å². The molecule has 0 atom stereocenters. The number of rotatable bonds is 2. The SMILES string of the molecule is COc1cc(Br)c(/C=N/N)cc1O. The van der Waals surface area contributed by atoms with E-state index in [1.807, 2.05) is 0 Å². The summed E-state index contributed by atoms with van der Waals surface area (Å²) in [6.45, 7) is 0. The first kappa shape index (κ1) is 9.85. The molecule has 0 amide bonds. The highest BCUT2D eigenvalue weighted by Crippen LogP contribution is 2.31. The fraction of sp³-hybridized carbons (Fsp3) is 0.125. The van der Waals surface area contributed by atoms with Crippen molar-refractivity contribution in [2.45, 2.75) is 0 Å². The Morgan fingerprint density at radius 2 is 2.31 bits per heavy atom. The highest BCUT2D eigenvalue weighted by Gasteiger charge is 2.05. The molecule has 1 aromatic carbocycles. The lowest BCUT2D eigenvalue weighted by Crippen LogP contribution is -1.90. The van der Waals surface area contributed by atoms with Crippen LogP contribution in [0.1, 0.15) is 5.56 Å². The largest absolute Gasteiger partial charge is 0.504 e. The first-order valence-corrected chi connectivity index (χ1v) is 4.28. The Morgan fingerprint density at radius 3 is 2.85 bits per heavy atom. The van der Waals surface area contributed by atoms with E-state index in [9.17, 15) is 5.11 Å². The van der Waals surface area contributed by atoms with Gasteiger partial charge in [-0.1, -0.05) is 0 Å². The number of nitrogens with zero attached hydrogens (tertiary/aromatic N) is 1. The van der Waals surface area contributed by atoms with Crippen LogP contribution >= 0.6 is 15.9 Å². The van der Waals surface area contributed by atoms with Crippen molar-refractivity contribution in [3.63, 3.8) is 0 Å². The molecule has 0 aromatic heterocycles. The smallest absolute Gasteiger partial charge is 0.161 e. The van der Waals surface area contributed by atoms with Crippen LogP contribution in [0, 0.1) is 0 Å². The van der Waals surface area contributed by atoms with E-state index < -0.39 is 0 Å². The highest BCUT2D eigenvalue weighted by molar-refractivity contribution is 9.10. The van der Waals surface area contributed by atoms with Crippen LogP contribution in [0.4, 0.5) is 0 Å². The minimum atomic E-state index is 0.0561. The van der Waals surface area contributed by atoms with Gasteiger partial charge in [-0.25, -0.2) is 0 Å². The maximum atomic E-state index is 9.39. The van der Waals surface area contributed by atoms with Gasteiger partial charge in [0, 0.05) is 10.0 Å². The van der Waals surface area contributed by atoms with E-state index in [4.69, 9.17) is 10.6 Å². The second-order valence-electron chi connectivity index (χ2n) is 2.32. The molecule has 0 aliphatic carbocycles. The number of ether oxygens (including phenoxy) is 1. The summed E-state index contributed by atoms with van der Waals surface area (Å²) in [6.07, 6.45) is 1.43. The Morgan fingerprint density at radius 1 is 1.62 bits per heavy atom. The molecule has 5 heteroatoms. The van der Waals surface area contributed by atoms with E-state index in [1.165, 1.54) is 19.4 Å². The Balaban J connectivity index is 3.20. The highest BCUT2D eigenvalue weighted by atomic mass is 79.9. The quantitative estimate of drug-likeness (QED) is 0.470. The predicted octanol–water partition coefficient (Wildman–Crippen LogP) is 1.46. The number of aromatic hydroxyl groups is 1. The number of hydrazone groups is 1. The van der Waals surface area contributed by atoms with Crippen molar-refractivity contribution >= 4 is 22.1 Å². The van der Waals surface area contributed by atoms with Crippen LogP contribution in [-0.2, 0) is 0 Å². The van der Waals surface area contributed by atoms with Gasteiger partial charge in [-0.05, 0) is 28.1 Å². The molecule has 0 saturated heterocycles. The van der Waals surface area contributed by atoms with Gasteiger partial charge in [-0.2, -0.15) is 5.10 Å². The summed E-state index contributed by atoms with van der Waals surface area (Å²) < 4.78 is 5.66. The summed E-state index contributed by atoms with van der Waals surface area (Å²) >= 11 is 3.29. The van der Waals surface area contributed by atoms with Crippen molar-refractivity contribution in [3.05, 3.63) is 22.2 Å². The third-order valence-corrected chi connectivity index (χ3v) is 2.20. The van der Waals surface area contributed by atoms with Crippen LogP contribution in [0.2, 0.25) is 0 Å². The molecule has 1 aromatic rings. The average Bonchev–Trinajstić information content (AvgIpc) is 2.11.